The van der Waals surface area contributed by atoms with E-state index in [1.54, 1.807) is 6.08 Å². The zero-order chi connectivity index (χ0) is 9.64. The van der Waals surface area contributed by atoms with E-state index in [1.807, 2.05) is 6.92 Å². The van der Waals surface area contributed by atoms with Crippen molar-refractivity contribution in [1.82, 2.24) is 10.6 Å². The SMILES string of the molecule is C=C1NC2C=C(F)C=C(Br)C2(C)N1. The van der Waals surface area contributed by atoms with Gasteiger partial charge in [0, 0.05) is 4.48 Å². The van der Waals surface area contributed by atoms with E-state index in [0.717, 1.165) is 10.3 Å². The van der Waals surface area contributed by atoms with Gasteiger partial charge in [-0.3, -0.25) is 0 Å². The molecule has 0 radical (unpaired) electrons. The first-order valence-electron chi connectivity index (χ1n) is 4.01. The van der Waals surface area contributed by atoms with Crippen LogP contribution in [0.5, 0.6) is 0 Å². The molecule has 2 N–H and O–H groups in total. The molecule has 70 valence electrons. The predicted octanol–water partition coefficient (Wildman–Crippen LogP) is 1.92. The van der Waals surface area contributed by atoms with Gasteiger partial charge >= 0.3 is 0 Å². The van der Waals surface area contributed by atoms with Crippen LogP contribution in [-0.4, -0.2) is 11.6 Å². The number of fused-ring (bicyclic) bond motifs is 1. The van der Waals surface area contributed by atoms with Gasteiger partial charge in [-0.15, -0.1) is 0 Å². The van der Waals surface area contributed by atoms with Crippen molar-refractivity contribution in [3.05, 3.63) is 34.9 Å². The van der Waals surface area contributed by atoms with Gasteiger partial charge in [0.2, 0.25) is 0 Å². The van der Waals surface area contributed by atoms with Crippen LogP contribution < -0.4 is 10.6 Å². The van der Waals surface area contributed by atoms with Crippen LogP contribution in [0.4, 0.5) is 4.39 Å². The zero-order valence-corrected chi connectivity index (χ0v) is 8.78. The third kappa shape index (κ3) is 1.20. The fourth-order valence-corrected chi connectivity index (χ4v) is 2.22. The minimum atomic E-state index is -0.299. The Hall–Kier alpha value is -0.770. The molecular formula is C9H10BrFN2. The molecule has 0 bridgehead atoms. The number of allylic oxidation sites excluding steroid dienone is 2. The van der Waals surface area contributed by atoms with Crippen LogP contribution >= 0.6 is 15.9 Å². The van der Waals surface area contributed by atoms with Gasteiger partial charge in [0.1, 0.15) is 5.83 Å². The largest absolute Gasteiger partial charge is 0.363 e. The van der Waals surface area contributed by atoms with E-state index in [1.165, 1.54) is 6.08 Å². The third-order valence-corrected chi connectivity index (χ3v) is 3.50. The van der Waals surface area contributed by atoms with Crippen molar-refractivity contribution in [3.63, 3.8) is 0 Å². The second-order valence-corrected chi connectivity index (χ2v) is 4.33. The van der Waals surface area contributed by atoms with Gasteiger partial charge in [-0.25, -0.2) is 4.39 Å². The summed E-state index contributed by atoms with van der Waals surface area (Å²) in [6, 6.07) is -0.0700. The Morgan fingerprint density at radius 3 is 3.08 bits per heavy atom. The van der Waals surface area contributed by atoms with Crippen molar-refractivity contribution in [2.24, 2.45) is 0 Å². The Balaban J connectivity index is 2.43. The first-order chi connectivity index (χ1) is 6.02. The molecule has 0 spiro atoms. The number of halogens is 2. The van der Waals surface area contributed by atoms with Crippen molar-refractivity contribution < 1.29 is 4.39 Å². The van der Waals surface area contributed by atoms with Crippen molar-refractivity contribution in [1.29, 1.82) is 0 Å². The Kier molecular flexibility index (Phi) is 1.77. The summed E-state index contributed by atoms with van der Waals surface area (Å²) in [4.78, 5) is 0. The summed E-state index contributed by atoms with van der Waals surface area (Å²) in [7, 11) is 0. The first-order valence-corrected chi connectivity index (χ1v) is 4.80. The fraction of sp³-hybridized carbons (Fsp3) is 0.333. The molecule has 1 aliphatic heterocycles. The Bertz CT molecular complexity index is 335. The highest BCUT2D eigenvalue weighted by Gasteiger charge is 2.43. The van der Waals surface area contributed by atoms with Crippen LogP contribution in [0.25, 0.3) is 0 Å². The lowest BCUT2D eigenvalue weighted by atomic mass is 9.90. The molecule has 0 amide bonds. The van der Waals surface area contributed by atoms with E-state index < -0.39 is 0 Å². The van der Waals surface area contributed by atoms with E-state index in [4.69, 9.17) is 0 Å². The molecule has 1 saturated heterocycles. The Labute approximate surface area is 84.7 Å². The number of hydrogen-bond acceptors (Lipinski definition) is 2. The van der Waals surface area contributed by atoms with Crippen molar-refractivity contribution in [2.75, 3.05) is 0 Å². The quantitative estimate of drug-likeness (QED) is 0.681. The highest BCUT2D eigenvalue weighted by atomic mass is 79.9. The summed E-state index contributed by atoms with van der Waals surface area (Å²) in [6.45, 7) is 5.75. The van der Waals surface area contributed by atoms with Crippen molar-refractivity contribution in [2.45, 2.75) is 18.5 Å². The molecule has 2 atom stereocenters. The lowest BCUT2D eigenvalue weighted by Crippen LogP contribution is -2.47. The molecule has 1 fully saturated rings. The maximum Gasteiger partial charge on any atom is 0.122 e. The van der Waals surface area contributed by atoms with Gasteiger partial charge in [0.05, 0.1) is 17.4 Å². The lowest BCUT2D eigenvalue weighted by molar-refractivity contribution is 0.469. The van der Waals surface area contributed by atoms with Gasteiger partial charge in [0.25, 0.3) is 0 Å². The number of nitrogens with one attached hydrogen (secondary N) is 2. The van der Waals surface area contributed by atoms with E-state index in [9.17, 15) is 4.39 Å². The maximum absolute atomic E-state index is 13.0. The third-order valence-electron chi connectivity index (χ3n) is 2.45. The molecule has 13 heavy (non-hydrogen) atoms. The topological polar surface area (TPSA) is 24.1 Å². The molecule has 4 heteroatoms. The van der Waals surface area contributed by atoms with Crippen LogP contribution in [0.2, 0.25) is 0 Å². The van der Waals surface area contributed by atoms with Gasteiger partial charge < -0.3 is 10.6 Å². The monoisotopic (exact) mass is 244 g/mol. The van der Waals surface area contributed by atoms with Crippen LogP contribution in [0, 0.1) is 0 Å². The molecule has 1 heterocycles. The number of rotatable bonds is 0. The molecule has 2 rings (SSSR count). The summed E-state index contributed by atoms with van der Waals surface area (Å²) in [6.07, 6.45) is 3.03. The van der Waals surface area contributed by atoms with E-state index in [2.05, 4.69) is 33.1 Å². The maximum atomic E-state index is 13.0. The molecule has 2 unspecified atom stereocenters. The van der Waals surface area contributed by atoms with Crippen molar-refractivity contribution in [3.8, 4) is 0 Å². The standard InChI is InChI=1S/C9H10BrFN2/c1-5-12-8-4-6(11)3-7(10)9(8,2)13-5/h3-4,8,12-13H,1H2,2H3. The smallest absolute Gasteiger partial charge is 0.122 e. The average Bonchev–Trinajstić information content (AvgIpc) is 2.26. The summed E-state index contributed by atoms with van der Waals surface area (Å²) >= 11 is 3.36. The van der Waals surface area contributed by atoms with Crippen LogP contribution in [0.3, 0.4) is 0 Å². The molecular weight excluding hydrogens is 235 g/mol. The van der Waals surface area contributed by atoms with E-state index in [-0.39, 0.29) is 17.4 Å². The van der Waals surface area contributed by atoms with Crippen molar-refractivity contribution >= 4 is 15.9 Å². The van der Waals surface area contributed by atoms with Crippen LogP contribution in [0.15, 0.2) is 34.9 Å². The lowest BCUT2D eigenvalue weighted by Gasteiger charge is -2.31. The molecule has 0 aromatic carbocycles. The van der Waals surface area contributed by atoms with E-state index in [0.29, 0.717) is 0 Å². The van der Waals surface area contributed by atoms with Crippen LogP contribution in [0.1, 0.15) is 6.92 Å². The van der Waals surface area contributed by atoms with Crippen LogP contribution in [-0.2, 0) is 0 Å². The average molecular weight is 245 g/mol. The van der Waals surface area contributed by atoms with E-state index >= 15 is 0 Å². The molecule has 0 saturated carbocycles. The summed E-state index contributed by atoms with van der Waals surface area (Å²) in [5.74, 6) is 0.502. The Morgan fingerprint density at radius 1 is 1.69 bits per heavy atom. The fourth-order valence-electron chi connectivity index (χ4n) is 1.65. The zero-order valence-electron chi connectivity index (χ0n) is 7.20. The molecule has 0 aromatic heterocycles. The predicted molar refractivity (Wildman–Crippen MR) is 53.8 cm³/mol. The second kappa shape index (κ2) is 2.61. The summed E-state index contributed by atoms with van der Waals surface area (Å²) < 4.78 is 13.8. The minimum Gasteiger partial charge on any atom is -0.363 e. The molecule has 2 aliphatic rings. The van der Waals surface area contributed by atoms with Gasteiger partial charge in [-0.2, -0.15) is 0 Å². The van der Waals surface area contributed by atoms with Gasteiger partial charge in [0.15, 0.2) is 0 Å². The molecule has 1 aliphatic carbocycles. The second-order valence-electron chi connectivity index (χ2n) is 3.47. The molecule has 2 nitrogen and oxygen atoms in total. The normalized spacial score (nSPS) is 37.2. The highest BCUT2D eigenvalue weighted by molar-refractivity contribution is 9.11. The number of hydrogen-bond donors (Lipinski definition) is 2. The van der Waals surface area contributed by atoms with Gasteiger partial charge in [-0.05, 0) is 19.1 Å². The van der Waals surface area contributed by atoms with Gasteiger partial charge in [-0.1, -0.05) is 22.5 Å². The summed E-state index contributed by atoms with van der Waals surface area (Å²) in [5, 5.41) is 6.23. The molecule has 0 aromatic rings. The minimum absolute atomic E-state index is 0.0700. The first kappa shape index (κ1) is 8.81. The highest BCUT2D eigenvalue weighted by Crippen LogP contribution is 2.36. The summed E-state index contributed by atoms with van der Waals surface area (Å²) in [5.41, 5.74) is -0.299. The Morgan fingerprint density at radius 2 is 2.38 bits per heavy atom.